The highest BCUT2D eigenvalue weighted by Crippen LogP contribution is 2.18. The average Bonchev–Trinajstić information content (AvgIpc) is 3.18. The van der Waals surface area contributed by atoms with E-state index in [1.807, 2.05) is 36.4 Å². The van der Waals surface area contributed by atoms with Gasteiger partial charge in [0.25, 0.3) is 0 Å². The summed E-state index contributed by atoms with van der Waals surface area (Å²) in [5, 5.41) is 12.9. The largest absolute Gasteiger partial charge is 0.489 e. The Morgan fingerprint density at radius 2 is 1.87 bits per heavy atom. The van der Waals surface area contributed by atoms with Gasteiger partial charge in [-0.1, -0.05) is 42.5 Å². The zero-order valence-corrected chi connectivity index (χ0v) is 17.4. The Labute approximate surface area is 182 Å². The fourth-order valence-corrected chi connectivity index (χ4v) is 3.68. The lowest BCUT2D eigenvalue weighted by molar-refractivity contribution is 0.196. The predicted molar refractivity (Wildman–Crippen MR) is 116 cm³/mol. The van der Waals surface area contributed by atoms with E-state index < -0.39 is 0 Å². The van der Waals surface area contributed by atoms with Crippen molar-refractivity contribution < 1.29 is 9.53 Å². The molecule has 0 aliphatic carbocycles. The molecule has 0 atom stereocenters. The van der Waals surface area contributed by atoms with Gasteiger partial charge < -0.3 is 9.64 Å². The Morgan fingerprint density at radius 1 is 1.03 bits per heavy atom. The standard InChI is InChI=1S/C24H25N5O2/c25-15-22-16-26-29(18-22)24(30)28-11-5-10-27(12-13-28)17-21-8-4-9-23(14-21)31-19-20-6-2-1-3-7-20/h1-4,6-9,14,16,18H,5,10-13,17,19H2. The number of ether oxygens (including phenoxy) is 1. The molecule has 0 radical (unpaired) electrons. The topological polar surface area (TPSA) is 74.4 Å². The van der Waals surface area contributed by atoms with E-state index in [9.17, 15) is 4.79 Å². The van der Waals surface area contributed by atoms with Gasteiger partial charge in [-0.2, -0.15) is 15.0 Å². The Bertz CT molecular complexity index is 1060. The second kappa shape index (κ2) is 9.92. The molecule has 4 rings (SSSR count). The van der Waals surface area contributed by atoms with E-state index in [2.05, 4.69) is 34.3 Å². The minimum Gasteiger partial charge on any atom is -0.489 e. The molecule has 7 heteroatoms. The summed E-state index contributed by atoms with van der Waals surface area (Å²) in [7, 11) is 0. The maximum absolute atomic E-state index is 12.7. The third kappa shape index (κ3) is 5.50. The lowest BCUT2D eigenvalue weighted by Crippen LogP contribution is -2.38. The van der Waals surface area contributed by atoms with Crippen LogP contribution in [0, 0.1) is 11.3 Å². The highest BCUT2D eigenvalue weighted by molar-refractivity contribution is 5.76. The van der Waals surface area contributed by atoms with Crippen LogP contribution in [0.3, 0.4) is 0 Å². The van der Waals surface area contributed by atoms with Gasteiger partial charge >= 0.3 is 6.03 Å². The number of nitrogens with zero attached hydrogens (tertiary/aromatic N) is 5. The van der Waals surface area contributed by atoms with Gasteiger partial charge in [0, 0.05) is 32.7 Å². The number of benzene rings is 2. The van der Waals surface area contributed by atoms with Gasteiger partial charge in [-0.15, -0.1) is 0 Å². The molecule has 1 fully saturated rings. The molecule has 0 bridgehead atoms. The quantitative estimate of drug-likeness (QED) is 0.638. The van der Waals surface area contributed by atoms with E-state index in [1.165, 1.54) is 22.6 Å². The van der Waals surface area contributed by atoms with Crippen molar-refractivity contribution in [2.75, 3.05) is 26.2 Å². The van der Waals surface area contributed by atoms with Crippen LogP contribution >= 0.6 is 0 Å². The maximum Gasteiger partial charge on any atom is 0.344 e. The Balaban J connectivity index is 1.32. The fraction of sp³-hybridized carbons (Fsp3) is 0.292. The Kier molecular flexibility index (Phi) is 6.60. The highest BCUT2D eigenvalue weighted by Gasteiger charge is 2.21. The van der Waals surface area contributed by atoms with Crippen molar-refractivity contribution in [1.29, 1.82) is 5.26 Å². The molecule has 1 aliphatic rings. The van der Waals surface area contributed by atoms with Gasteiger partial charge in [-0.05, 0) is 29.7 Å². The van der Waals surface area contributed by atoms with Crippen LogP contribution in [0.2, 0.25) is 0 Å². The molecule has 1 aliphatic heterocycles. The first-order chi connectivity index (χ1) is 15.2. The molecule has 31 heavy (non-hydrogen) atoms. The average molecular weight is 415 g/mol. The number of hydrogen-bond donors (Lipinski definition) is 0. The summed E-state index contributed by atoms with van der Waals surface area (Å²) in [5.41, 5.74) is 2.72. The monoisotopic (exact) mass is 415 g/mol. The van der Waals surface area contributed by atoms with Crippen LogP contribution < -0.4 is 4.74 Å². The molecule has 3 aromatic rings. The van der Waals surface area contributed by atoms with Crippen molar-refractivity contribution in [3.8, 4) is 11.8 Å². The van der Waals surface area contributed by atoms with Crippen molar-refractivity contribution >= 4 is 6.03 Å². The van der Waals surface area contributed by atoms with Crippen LogP contribution in [-0.4, -0.2) is 51.8 Å². The zero-order valence-electron chi connectivity index (χ0n) is 17.4. The lowest BCUT2D eigenvalue weighted by Gasteiger charge is -2.22. The number of amides is 1. The van der Waals surface area contributed by atoms with Gasteiger partial charge in [-0.25, -0.2) is 4.79 Å². The predicted octanol–water partition coefficient (Wildman–Crippen LogP) is 3.51. The van der Waals surface area contributed by atoms with E-state index >= 15 is 0 Å². The number of hydrogen-bond acceptors (Lipinski definition) is 5. The summed E-state index contributed by atoms with van der Waals surface area (Å²) in [6.07, 6.45) is 3.78. The first-order valence-electron chi connectivity index (χ1n) is 10.4. The molecule has 0 N–H and O–H groups in total. The van der Waals surface area contributed by atoms with Crippen LogP contribution in [0.4, 0.5) is 4.79 Å². The molecular weight excluding hydrogens is 390 g/mol. The summed E-state index contributed by atoms with van der Waals surface area (Å²) in [5.74, 6) is 0.861. The number of aromatic nitrogens is 2. The number of rotatable bonds is 5. The zero-order chi connectivity index (χ0) is 21.5. The molecule has 0 spiro atoms. The van der Waals surface area contributed by atoms with Gasteiger partial charge in [-0.3, -0.25) is 4.90 Å². The van der Waals surface area contributed by atoms with E-state index in [-0.39, 0.29) is 6.03 Å². The highest BCUT2D eigenvalue weighted by atomic mass is 16.5. The van der Waals surface area contributed by atoms with Gasteiger partial charge in [0.1, 0.15) is 18.4 Å². The molecule has 1 amide bonds. The van der Waals surface area contributed by atoms with Gasteiger partial charge in [0.05, 0.1) is 18.0 Å². The molecule has 7 nitrogen and oxygen atoms in total. The summed E-state index contributed by atoms with van der Waals surface area (Å²) in [6.45, 7) is 4.37. The third-order valence-electron chi connectivity index (χ3n) is 5.32. The van der Waals surface area contributed by atoms with Crippen LogP contribution in [0.5, 0.6) is 5.75 Å². The second-order valence-corrected chi connectivity index (χ2v) is 7.61. The van der Waals surface area contributed by atoms with Gasteiger partial charge in [0.2, 0.25) is 0 Å². The SMILES string of the molecule is N#Cc1cnn(C(=O)N2CCCN(Cc3cccc(OCc4ccccc4)c3)CC2)c1. The molecule has 2 aromatic carbocycles. The van der Waals surface area contributed by atoms with Crippen molar-refractivity contribution in [2.45, 2.75) is 19.6 Å². The maximum atomic E-state index is 12.7. The number of carbonyl (C=O) groups is 1. The molecule has 158 valence electrons. The van der Waals surface area contributed by atoms with Crippen LogP contribution in [0.1, 0.15) is 23.1 Å². The lowest BCUT2D eigenvalue weighted by atomic mass is 10.2. The second-order valence-electron chi connectivity index (χ2n) is 7.61. The number of carbonyl (C=O) groups excluding carboxylic acids is 1. The minimum absolute atomic E-state index is 0.181. The van der Waals surface area contributed by atoms with Crippen molar-refractivity contribution in [2.24, 2.45) is 0 Å². The normalized spacial score (nSPS) is 14.6. The first-order valence-corrected chi connectivity index (χ1v) is 10.4. The third-order valence-corrected chi connectivity index (χ3v) is 5.32. The molecule has 2 heterocycles. The molecule has 0 saturated carbocycles. The smallest absolute Gasteiger partial charge is 0.344 e. The summed E-state index contributed by atoms with van der Waals surface area (Å²) in [4.78, 5) is 16.8. The van der Waals surface area contributed by atoms with Gasteiger partial charge in [0.15, 0.2) is 0 Å². The van der Waals surface area contributed by atoms with Crippen LogP contribution in [0.25, 0.3) is 0 Å². The first kappa shape index (κ1) is 20.6. The van der Waals surface area contributed by atoms with Crippen molar-refractivity contribution in [1.82, 2.24) is 19.6 Å². The van der Waals surface area contributed by atoms with Crippen molar-refractivity contribution in [3.63, 3.8) is 0 Å². The Morgan fingerprint density at radius 3 is 2.68 bits per heavy atom. The van der Waals surface area contributed by atoms with Crippen LogP contribution in [-0.2, 0) is 13.2 Å². The minimum atomic E-state index is -0.181. The summed E-state index contributed by atoms with van der Waals surface area (Å²) >= 11 is 0. The Hall–Kier alpha value is -3.63. The summed E-state index contributed by atoms with van der Waals surface area (Å²) < 4.78 is 7.20. The van der Waals surface area contributed by atoms with E-state index in [4.69, 9.17) is 10.00 Å². The van der Waals surface area contributed by atoms with E-state index in [0.717, 1.165) is 37.4 Å². The molecule has 0 unspecified atom stereocenters. The number of nitriles is 1. The molecular formula is C24H25N5O2. The summed E-state index contributed by atoms with van der Waals surface area (Å²) in [6, 6.07) is 20.1. The van der Waals surface area contributed by atoms with E-state index in [0.29, 0.717) is 25.3 Å². The fourth-order valence-electron chi connectivity index (χ4n) is 3.68. The molecule has 1 aromatic heterocycles. The van der Waals surface area contributed by atoms with Crippen molar-refractivity contribution in [3.05, 3.63) is 83.7 Å². The van der Waals surface area contributed by atoms with Crippen LogP contribution in [0.15, 0.2) is 67.0 Å². The van der Waals surface area contributed by atoms with E-state index in [1.54, 1.807) is 4.90 Å². The molecule has 1 saturated heterocycles.